The molecule has 2 atom stereocenters. The Balaban J connectivity index is 1.41. The molecular weight excluding hydrogens is 378 g/mol. The summed E-state index contributed by atoms with van der Waals surface area (Å²) in [6, 6.07) is 17.2. The molecule has 4 rings (SSSR count). The fourth-order valence-electron chi connectivity index (χ4n) is 3.74. The standard InChI is InChI=1S/C24H27N3O3/c1-17(2)18-6-4-9-21(15-18)30-23-10-13-26(16-22(23)28)24(29)19-7-3-8-20(14-19)27-12-5-11-25-27/h3-9,11-12,14-15,17,22-23,28H,10,13,16H2,1-2H3/t22-,23-/m1/s1. The summed E-state index contributed by atoms with van der Waals surface area (Å²) in [5.74, 6) is 1.08. The molecule has 1 fully saturated rings. The molecule has 2 aromatic carbocycles. The smallest absolute Gasteiger partial charge is 0.254 e. The molecule has 6 nitrogen and oxygen atoms in total. The minimum Gasteiger partial charge on any atom is -0.488 e. The molecule has 0 unspecified atom stereocenters. The number of carbonyl (C=O) groups excluding carboxylic acids is 1. The first kappa shape index (κ1) is 20.2. The highest BCUT2D eigenvalue weighted by Crippen LogP contribution is 2.24. The second kappa shape index (κ2) is 8.71. The van der Waals surface area contributed by atoms with Gasteiger partial charge in [0.15, 0.2) is 0 Å². The second-order valence-electron chi connectivity index (χ2n) is 7.99. The normalized spacial score (nSPS) is 19.1. The first-order valence-electron chi connectivity index (χ1n) is 10.4. The van der Waals surface area contributed by atoms with E-state index in [2.05, 4.69) is 25.0 Å². The summed E-state index contributed by atoms with van der Waals surface area (Å²) in [5.41, 5.74) is 2.61. The number of hydrogen-bond donors (Lipinski definition) is 1. The Morgan fingerprint density at radius 3 is 2.73 bits per heavy atom. The van der Waals surface area contributed by atoms with Crippen LogP contribution in [0.3, 0.4) is 0 Å². The largest absolute Gasteiger partial charge is 0.488 e. The Morgan fingerprint density at radius 1 is 1.17 bits per heavy atom. The van der Waals surface area contributed by atoms with E-state index in [1.54, 1.807) is 21.8 Å². The molecular formula is C24H27N3O3. The van der Waals surface area contributed by atoms with Gasteiger partial charge in [-0.25, -0.2) is 4.68 Å². The van der Waals surface area contributed by atoms with Crippen LogP contribution in [0.2, 0.25) is 0 Å². The van der Waals surface area contributed by atoms with E-state index in [-0.39, 0.29) is 18.6 Å². The number of aliphatic hydroxyl groups is 1. The molecule has 1 aliphatic rings. The van der Waals surface area contributed by atoms with Gasteiger partial charge in [-0.1, -0.05) is 32.0 Å². The lowest BCUT2D eigenvalue weighted by atomic mass is 10.0. The molecule has 0 aliphatic carbocycles. The molecule has 156 valence electrons. The minimum atomic E-state index is -0.736. The topological polar surface area (TPSA) is 67.6 Å². The zero-order valence-corrected chi connectivity index (χ0v) is 17.3. The number of aromatic nitrogens is 2. The Labute approximate surface area is 176 Å². The van der Waals surface area contributed by atoms with Crippen molar-refractivity contribution in [2.75, 3.05) is 13.1 Å². The lowest BCUT2D eigenvalue weighted by Crippen LogP contribution is -2.51. The van der Waals surface area contributed by atoms with Gasteiger partial charge < -0.3 is 14.7 Å². The monoisotopic (exact) mass is 405 g/mol. The van der Waals surface area contributed by atoms with Gasteiger partial charge in [-0.2, -0.15) is 5.10 Å². The quantitative estimate of drug-likeness (QED) is 0.704. The Kier molecular flexibility index (Phi) is 5.86. The number of β-amino-alcohol motifs (C(OH)–C–C–N with tert-alkyl or cyclic N) is 1. The van der Waals surface area contributed by atoms with Crippen molar-refractivity contribution in [2.24, 2.45) is 0 Å². The zero-order chi connectivity index (χ0) is 21.1. The molecule has 2 heterocycles. The Bertz CT molecular complexity index is 1000. The van der Waals surface area contributed by atoms with Gasteiger partial charge in [-0.05, 0) is 47.9 Å². The first-order chi connectivity index (χ1) is 14.5. The third-order valence-corrected chi connectivity index (χ3v) is 5.48. The van der Waals surface area contributed by atoms with Crippen LogP contribution in [0.5, 0.6) is 5.75 Å². The van der Waals surface area contributed by atoms with Crippen LogP contribution in [0.1, 0.15) is 42.1 Å². The van der Waals surface area contributed by atoms with Crippen LogP contribution in [0.25, 0.3) is 5.69 Å². The SMILES string of the molecule is CC(C)c1cccc(O[C@@H]2CCN(C(=O)c3cccc(-n4cccn4)c3)C[C@H]2O)c1. The van der Waals surface area contributed by atoms with Crippen LogP contribution in [0.15, 0.2) is 67.0 Å². The molecule has 0 spiro atoms. The van der Waals surface area contributed by atoms with Gasteiger partial charge in [-0.3, -0.25) is 4.79 Å². The van der Waals surface area contributed by atoms with Crippen molar-refractivity contribution in [3.63, 3.8) is 0 Å². The summed E-state index contributed by atoms with van der Waals surface area (Å²) in [5, 5.41) is 14.9. The van der Waals surface area contributed by atoms with Crippen LogP contribution in [-0.2, 0) is 0 Å². The molecule has 0 saturated carbocycles. The number of likely N-dealkylation sites (tertiary alicyclic amines) is 1. The van der Waals surface area contributed by atoms with Crippen molar-refractivity contribution in [3.05, 3.63) is 78.1 Å². The van der Waals surface area contributed by atoms with Crippen molar-refractivity contribution >= 4 is 5.91 Å². The van der Waals surface area contributed by atoms with Crippen LogP contribution in [0.4, 0.5) is 0 Å². The predicted octanol–water partition coefficient (Wildman–Crippen LogP) is 3.65. The maximum Gasteiger partial charge on any atom is 0.254 e. The van der Waals surface area contributed by atoms with Crippen molar-refractivity contribution in [1.29, 1.82) is 0 Å². The maximum atomic E-state index is 13.0. The summed E-state index contributed by atoms with van der Waals surface area (Å²) in [7, 11) is 0. The number of nitrogens with zero attached hydrogens (tertiary/aromatic N) is 3. The number of ether oxygens (including phenoxy) is 1. The third kappa shape index (κ3) is 4.39. The molecule has 1 saturated heterocycles. The second-order valence-corrected chi connectivity index (χ2v) is 7.99. The zero-order valence-electron chi connectivity index (χ0n) is 17.3. The van der Waals surface area contributed by atoms with Crippen molar-refractivity contribution in [2.45, 2.75) is 38.4 Å². The van der Waals surface area contributed by atoms with E-state index in [1.807, 2.05) is 48.7 Å². The van der Waals surface area contributed by atoms with Crippen molar-refractivity contribution < 1.29 is 14.6 Å². The number of carbonyl (C=O) groups is 1. The summed E-state index contributed by atoms with van der Waals surface area (Å²) >= 11 is 0. The van der Waals surface area contributed by atoms with Crippen LogP contribution < -0.4 is 4.74 Å². The van der Waals surface area contributed by atoms with Gasteiger partial charge in [0.05, 0.1) is 12.2 Å². The fraction of sp³-hybridized carbons (Fsp3) is 0.333. The molecule has 1 amide bonds. The van der Waals surface area contributed by atoms with E-state index >= 15 is 0 Å². The molecule has 1 N–H and O–H groups in total. The summed E-state index contributed by atoms with van der Waals surface area (Å²) in [6.45, 7) is 5.06. The lowest BCUT2D eigenvalue weighted by Gasteiger charge is -2.36. The van der Waals surface area contributed by atoms with Crippen molar-refractivity contribution in [1.82, 2.24) is 14.7 Å². The predicted molar refractivity (Wildman–Crippen MR) is 115 cm³/mol. The van der Waals surface area contributed by atoms with Gasteiger partial charge in [-0.15, -0.1) is 0 Å². The van der Waals surface area contributed by atoms with Gasteiger partial charge in [0.1, 0.15) is 18.0 Å². The van der Waals surface area contributed by atoms with Crippen LogP contribution in [0, 0.1) is 0 Å². The summed E-state index contributed by atoms with van der Waals surface area (Å²) in [6.07, 6.45) is 3.06. The number of aliphatic hydroxyl groups excluding tert-OH is 1. The van der Waals surface area contributed by atoms with E-state index in [4.69, 9.17) is 4.74 Å². The Hall–Kier alpha value is -3.12. The summed E-state index contributed by atoms with van der Waals surface area (Å²) < 4.78 is 7.78. The number of piperidine rings is 1. The number of benzene rings is 2. The number of rotatable bonds is 5. The molecule has 30 heavy (non-hydrogen) atoms. The Morgan fingerprint density at radius 2 is 2.00 bits per heavy atom. The van der Waals surface area contributed by atoms with E-state index in [0.29, 0.717) is 24.4 Å². The van der Waals surface area contributed by atoms with E-state index in [0.717, 1.165) is 11.4 Å². The molecule has 6 heteroatoms. The van der Waals surface area contributed by atoms with Gasteiger partial charge >= 0.3 is 0 Å². The lowest BCUT2D eigenvalue weighted by molar-refractivity contribution is -0.0199. The maximum absolute atomic E-state index is 13.0. The molecule has 1 aromatic heterocycles. The highest BCUT2D eigenvalue weighted by atomic mass is 16.5. The fourth-order valence-corrected chi connectivity index (χ4v) is 3.74. The number of amides is 1. The van der Waals surface area contributed by atoms with Crippen molar-refractivity contribution in [3.8, 4) is 11.4 Å². The first-order valence-corrected chi connectivity index (χ1v) is 10.4. The van der Waals surface area contributed by atoms with E-state index in [9.17, 15) is 9.90 Å². The molecule has 3 aromatic rings. The highest BCUT2D eigenvalue weighted by molar-refractivity contribution is 5.94. The molecule has 0 radical (unpaired) electrons. The molecule has 0 bridgehead atoms. The van der Waals surface area contributed by atoms with E-state index in [1.165, 1.54) is 5.56 Å². The van der Waals surface area contributed by atoms with Crippen LogP contribution in [-0.4, -0.2) is 51.0 Å². The van der Waals surface area contributed by atoms with Crippen LogP contribution >= 0.6 is 0 Å². The highest BCUT2D eigenvalue weighted by Gasteiger charge is 2.32. The number of hydrogen-bond acceptors (Lipinski definition) is 4. The van der Waals surface area contributed by atoms with Gasteiger partial charge in [0, 0.05) is 30.9 Å². The van der Waals surface area contributed by atoms with Gasteiger partial charge in [0.2, 0.25) is 0 Å². The van der Waals surface area contributed by atoms with E-state index < -0.39 is 6.10 Å². The van der Waals surface area contributed by atoms with Gasteiger partial charge in [0.25, 0.3) is 5.91 Å². The summed E-state index contributed by atoms with van der Waals surface area (Å²) in [4.78, 5) is 14.7. The molecule has 1 aliphatic heterocycles. The average molecular weight is 405 g/mol. The third-order valence-electron chi connectivity index (χ3n) is 5.48. The minimum absolute atomic E-state index is 0.0942. The average Bonchev–Trinajstić information content (AvgIpc) is 3.30.